The molecule has 6 nitrogen and oxygen atoms in total. The zero-order chi connectivity index (χ0) is 23.9. The maximum absolute atomic E-state index is 13.7. The second-order valence-electron chi connectivity index (χ2n) is 13.0. The number of nitrogens with one attached hydrogen (secondary N) is 1. The van der Waals surface area contributed by atoms with E-state index >= 15 is 0 Å². The molecule has 8 rings (SSSR count). The van der Waals surface area contributed by atoms with Crippen LogP contribution in [0, 0.1) is 28.6 Å². The van der Waals surface area contributed by atoms with E-state index in [0.29, 0.717) is 29.7 Å². The summed E-state index contributed by atoms with van der Waals surface area (Å²) < 4.78 is 11.5. The Hall–Kier alpha value is -2.24. The topological polar surface area (TPSA) is 67.9 Å². The Morgan fingerprint density at radius 2 is 1.77 bits per heavy atom. The largest absolute Gasteiger partial charge is 0.454 e. The average molecular weight is 479 g/mol. The van der Waals surface area contributed by atoms with E-state index in [4.69, 9.17) is 9.47 Å². The lowest BCUT2D eigenvalue weighted by Crippen LogP contribution is -2.71. The molecule has 3 unspecified atom stereocenters. The van der Waals surface area contributed by atoms with E-state index in [9.17, 15) is 9.59 Å². The molecule has 6 fully saturated rings. The van der Waals surface area contributed by atoms with Crippen molar-refractivity contribution in [2.24, 2.45) is 28.6 Å². The molecule has 35 heavy (non-hydrogen) atoms. The molecule has 0 radical (unpaired) electrons. The highest BCUT2D eigenvalue weighted by Crippen LogP contribution is 2.65. The molecule has 5 saturated carbocycles. The van der Waals surface area contributed by atoms with Gasteiger partial charge in [0.15, 0.2) is 11.5 Å². The Bertz CT molecular complexity index is 1040. The van der Waals surface area contributed by atoms with E-state index in [2.05, 4.69) is 30.1 Å². The van der Waals surface area contributed by atoms with Gasteiger partial charge in [0, 0.05) is 17.6 Å². The zero-order valence-electron chi connectivity index (χ0n) is 21.1. The molecule has 5 aliphatic carbocycles. The van der Waals surface area contributed by atoms with Gasteiger partial charge in [0.05, 0.1) is 16.9 Å². The van der Waals surface area contributed by atoms with Crippen molar-refractivity contribution in [1.82, 2.24) is 10.2 Å². The Labute approximate surface area is 208 Å². The lowest BCUT2D eigenvalue weighted by Gasteiger charge is -2.66. The predicted molar refractivity (Wildman–Crippen MR) is 131 cm³/mol. The summed E-state index contributed by atoms with van der Waals surface area (Å²) in [6.45, 7) is 4.38. The molecule has 2 amide bonds. The summed E-state index contributed by atoms with van der Waals surface area (Å²) in [5, 5.41) is 3.48. The number of carbonyl (C=O) groups excluding carboxylic acids is 2. The number of benzene rings is 1. The molecule has 1 aromatic carbocycles. The fourth-order valence-electron chi connectivity index (χ4n) is 9.18. The number of hydrogen-bond donors (Lipinski definition) is 1. The number of rotatable bonds is 4. The minimum atomic E-state index is -0.466. The fraction of sp³-hybridized carbons (Fsp3) is 0.724. The molecule has 1 aromatic rings. The van der Waals surface area contributed by atoms with E-state index < -0.39 is 5.41 Å². The quantitative estimate of drug-likeness (QED) is 0.621. The molecule has 1 saturated heterocycles. The van der Waals surface area contributed by atoms with Gasteiger partial charge in [-0.1, -0.05) is 31.4 Å². The van der Waals surface area contributed by atoms with Crippen molar-refractivity contribution in [3.63, 3.8) is 0 Å². The summed E-state index contributed by atoms with van der Waals surface area (Å²) in [7, 11) is 0. The zero-order valence-corrected chi connectivity index (χ0v) is 21.1. The van der Waals surface area contributed by atoms with Gasteiger partial charge in [-0.3, -0.25) is 9.59 Å². The van der Waals surface area contributed by atoms with Crippen molar-refractivity contribution in [2.45, 2.75) is 96.2 Å². The first-order valence-electron chi connectivity index (χ1n) is 13.9. The van der Waals surface area contributed by atoms with E-state index in [1.807, 2.05) is 12.1 Å². The Morgan fingerprint density at radius 1 is 1.03 bits per heavy atom. The molecule has 1 N–H and O–H groups in total. The Kier molecular flexibility index (Phi) is 4.79. The van der Waals surface area contributed by atoms with Gasteiger partial charge in [-0.05, 0) is 82.6 Å². The smallest absolute Gasteiger partial charge is 0.231 e. The molecule has 0 spiro atoms. The summed E-state index contributed by atoms with van der Waals surface area (Å²) in [6, 6.07) is 6.65. The predicted octanol–water partition coefficient (Wildman–Crippen LogP) is 4.97. The number of ether oxygens (including phenoxy) is 2. The van der Waals surface area contributed by atoms with Crippen LogP contribution in [0.3, 0.4) is 0 Å². The van der Waals surface area contributed by atoms with Gasteiger partial charge in [0.2, 0.25) is 18.6 Å². The molecule has 188 valence electrons. The highest BCUT2D eigenvalue weighted by molar-refractivity contribution is 5.91. The number of nitrogens with zero attached hydrogens (tertiary/aromatic N) is 1. The third kappa shape index (κ3) is 3.13. The molecule has 6 heteroatoms. The van der Waals surface area contributed by atoms with Gasteiger partial charge >= 0.3 is 0 Å². The summed E-state index contributed by atoms with van der Waals surface area (Å²) in [5.74, 6) is 3.60. The maximum Gasteiger partial charge on any atom is 0.231 e. The Morgan fingerprint density at radius 3 is 2.51 bits per heavy atom. The molecular weight excluding hydrogens is 440 g/mol. The van der Waals surface area contributed by atoms with Crippen LogP contribution >= 0.6 is 0 Å². The monoisotopic (exact) mass is 478 g/mol. The van der Waals surface area contributed by atoms with Crippen LogP contribution in [0.15, 0.2) is 18.2 Å². The molecule has 2 heterocycles. The molecule has 4 bridgehead atoms. The van der Waals surface area contributed by atoms with Crippen molar-refractivity contribution in [3.05, 3.63) is 23.8 Å². The number of β-lactam (4-membered cyclic amide) rings is 1. The van der Waals surface area contributed by atoms with Crippen LogP contribution in [0.2, 0.25) is 0 Å². The number of hydrogen-bond acceptors (Lipinski definition) is 4. The van der Waals surface area contributed by atoms with Gasteiger partial charge < -0.3 is 19.7 Å². The number of para-hydroxylation sites is 1. The first kappa shape index (κ1) is 22.0. The van der Waals surface area contributed by atoms with Crippen molar-refractivity contribution < 1.29 is 19.1 Å². The van der Waals surface area contributed by atoms with E-state index in [1.54, 1.807) is 0 Å². The molecule has 7 aliphatic rings. The van der Waals surface area contributed by atoms with Crippen molar-refractivity contribution >= 4 is 11.8 Å². The van der Waals surface area contributed by atoms with Crippen LogP contribution in [-0.2, 0) is 9.59 Å². The van der Waals surface area contributed by atoms with Crippen molar-refractivity contribution in [3.8, 4) is 11.5 Å². The second kappa shape index (κ2) is 7.63. The van der Waals surface area contributed by atoms with Gasteiger partial charge in [0.25, 0.3) is 0 Å². The second-order valence-corrected chi connectivity index (χ2v) is 13.0. The minimum absolute atomic E-state index is 0.0128. The SMILES string of the molecule is CC1(C)C(=O)N([C@H]2C3CC4CC2C[C@](C(=O)NC2CCCCC2)(C4)C3)C1c1cccc2c1OCO2. The van der Waals surface area contributed by atoms with Crippen LogP contribution in [0.4, 0.5) is 0 Å². The van der Waals surface area contributed by atoms with Crippen LogP contribution in [0.1, 0.15) is 89.7 Å². The van der Waals surface area contributed by atoms with E-state index in [0.717, 1.165) is 62.0 Å². The first-order valence-corrected chi connectivity index (χ1v) is 13.9. The average Bonchev–Trinajstić information content (AvgIpc) is 3.33. The highest BCUT2D eigenvalue weighted by atomic mass is 16.7. The summed E-state index contributed by atoms with van der Waals surface area (Å²) in [4.78, 5) is 29.5. The normalized spacial score (nSPS) is 39.0. The van der Waals surface area contributed by atoms with Gasteiger partial charge in [-0.25, -0.2) is 0 Å². The van der Waals surface area contributed by atoms with E-state index in [1.165, 1.54) is 19.3 Å². The highest BCUT2D eigenvalue weighted by Gasteiger charge is 2.66. The van der Waals surface area contributed by atoms with Crippen LogP contribution in [0.5, 0.6) is 11.5 Å². The van der Waals surface area contributed by atoms with Crippen molar-refractivity contribution in [1.29, 1.82) is 0 Å². The third-order valence-corrected chi connectivity index (χ3v) is 10.4. The molecular formula is C29H38N2O4. The first-order chi connectivity index (χ1) is 16.9. The lowest BCUT2D eigenvalue weighted by molar-refractivity contribution is -0.199. The maximum atomic E-state index is 13.7. The third-order valence-electron chi connectivity index (χ3n) is 10.4. The minimum Gasteiger partial charge on any atom is -0.454 e. The number of amides is 2. The fourth-order valence-corrected chi connectivity index (χ4v) is 9.18. The molecule has 0 aromatic heterocycles. The van der Waals surface area contributed by atoms with Crippen LogP contribution in [0.25, 0.3) is 0 Å². The summed E-state index contributed by atoms with van der Waals surface area (Å²) in [6.07, 6.45) is 11.3. The standard InChI is InChI=1S/C29H38N2O4/c1-28(2)25(21-9-6-10-22-24(21)35-16-34-22)31(27(28)33)23-18-11-17-12-19(23)15-29(13-17,14-18)26(32)30-20-7-4-3-5-8-20/h6,9-10,17-20,23,25H,3-5,7-8,11-16H2,1-2H3,(H,30,32)/t17?,18?,19?,23-,25?,29-. The van der Waals surface area contributed by atoms with Crippen molar-refractivity contribution in [2.75, 3.05) is 6.79 Å². The van der Waals surface area contributed by atoms with Gasteiger partial charge in [-0.15, -0.1) is 0 Å². The molecule has 3 atom stereocenters. The number of fused-ring (bicyclic) bond motifs is 1. The summed E-state index contributed by atoms with van der Waals surface area (Å²) >= 11 is 0. The van der Waals surface area contributed by atoms with Gasteiger partial charge in [-0.2, -0.15) is 0 Å². The van der Waals surface area contributed by atoms with Gasteiger partial charge in [0.1, 0.15) is 0 Å². The van der Waals surface area contributed by atoms with Crippen LogP contribution in [-0.4, -0.2) is 35.6 Å². The number of carbonyl (C=O) groups is 2. The number of likely N-dealkylation sites (tertiary alicyclic amines) is 1. The molecule has 2 aliphatic heterocycles. The Balaban J connectivity index is 1.17. The van der Waals surface area contributed by atoms with E-state index in [-0.39, 0.29) is 30.2 Å². The summed E-state index contributed by atoms with van der Waals surface area (Å²) in [5.41, 5.74) is 0.392. The lowest BCUT2D eigenvalue weighted by atomic mass is 9.46. The van der Waals surface area contributed by atoms with Crippen LogP contribution < -0.4 is 14.8 Å².